The van der Waals surface area contributed by atoms with E-state index >= 15 is 0 Å². The number of aliphatic hydroxyl groups excluding tert-OH is 2. The molecule has 0 bridgehead atoms. The summed E-state index contributed by atoms with van der Waals surface area (Å²) in [6.45, 7) is -0.395. The van der Waals surface area contributed by atoms with Gasteiger partial charge in [0, 0.05) is 5.92 Å². The maximum atomic E-state index is 10.1. The van der Waals surface area contributed by atoms with Gasteiger partial charge in [0.2, 0.25) is 0 Å². The van der Waals surface area contributed by atoms with Gasteiger partial charge in [-0.25, -0.2) is 0 Å². The molecule has 2 rings (SSSR count). The highest BCUT2D eigenvalue weighted by Gasteiger charge is 2.19. The Bertz CT molecular complexity index is 664. The molecule has 0 heterocycles. The second-order valence-corrected chi connectivity index (χ2v) is 5.16. The van der Waals surface area contributed by atoms with Gasteiger partial charge in [0.15, 0.2) is 11.5 Å². The first kappa shape index (κ1) is 16.9. The number of ether oxygens (including phenoxy) is 1. The molecule has 0 spiro atoms. The number of phenolic OH excluding ortho intramolecular Hbond substituents is 2. The number of aromatic hydroxyl groups is 2. The average molecular weight is 316 g/mol. The molecule has 23 heavy (non-hydrogen) atoms. The van der Waals surface area contributed by atoms with Gasteiger partial charge in [-0.15, -0.1) is 0 Å². The third-order valence-corrected chi connectivity index (χ3v) is 3.58. The minimum Gasteiger partial charge on any atom is -0.508 e. The topological polar surface area (TPSA) is 90.2 Å². The lowest BCUT2D eigenvalue weighted by atomic mass is 9.92. The van der Waals surface area contributed by atoms with Crippen LogP contribution in [0.5, 0.6) is 17.2 Å². The molecule has 0 amide bonds. The summed E-state index contributed by atoms with van der Waals surface area (Å²) < 4.78 is 5.08. The molecule has 0 radical (unpaired) electrons. The van der Waals surface area contributed by atoms with Crippen molar-refractivity contribution in [3.8, 4) is 17.2 Å². The van der Waals surface area contributed by atoms with E-state index in [9.17, 15) is 20.4 Å². The van der Waals surface area contributed by atoms with Crippen molar-refractivity contribution in [2.24, 2.45) is 0 Å². The summed E-state index contributed by atoms with van der Waals surface area (Å²) in [5.74, 6) is 0.0207. The molecule has 5 heteroatoms. The Morgan fingerprint density at radius 2 is 1.78 bits per heavy atom. The van der Waals surface area contributed by atoms with Crippen LogP contribution in [0, 0.1) is 0 Å². The predicted octanol–water partition coefficient (Wildman–Crippen LogP) is 2.26. The average Bonchev–Trinajstić information content (AvgIpc) is 2.57. The summed E-state index contributed by atoms with van der Waals surface area (Å²) in [6.07, 6.45) is 2.57. The lowest BCUT2D eigenvalue weighted by Gasteiger charge is -2.19. The number of hydrogen-bond acceptors (Lipinski definition) is 5. The number of benzene rings is 2. The Morgan fingerprint density at radius 3 is 2.39 bits per heavy atom. The first-order valence-electron chi connectivity index (χ1n) is 7.18. The van der Waals surface area contributed by atoms with E-state index in [0.717, 1.165) is 5.56 Å². The quantitative estimate of drug-likeness (QED) is 0.656. The van der Waals surface area contributed by atoms with Crippen LogP contribution in [0.4, 0.5) is 0 Å². The van der Waals surface area contributed by atoms with Crippen LogP contribution in [0.15, 0.2) is 48.5 Å². The molecule has 0 fully saturated rings. The van der Waals surface area contributed by atoms with E-state index in [-0.39, 0.29) is 11.5 Å². The molecule has 0 saturated heterocycles. The first-order valence-corrected chi connectivity index (χ1v) is 7.18. The van der Waals surface area contributed by atoms with E-state index < -0.39 is 18.6 Å². The van der Waals surface area contributed by atoms with E-state index in [1.54, 1.807) is 48.6 Å². The Kier molecular flexibility index (Phi) is 5.62. The molecule has 0 aliphatic carbocycles. The van der Waals surface area contributed by atoms with Crippen molar-refractivity contribution in [1.82, 2.24) is 0 Å². The van der Waals surface area contributed by atoms with Gasteiger partial charge in [0.05, 0.1) is 19.8 Å². The van der Waals surface area contributed by atoms with Gasteiger partial charge in [-0.3, -0.25) is 0 Å². The largest absolute Gasteiger partial charge is 0.508 e. The summed E-state index contributed by atoms with van der Waals surface area (Å²) in [5.41, 5.74) is 1.56. The summed E-state index contributed by atoms with van der Waals surface area (Å²) in [7, 11) is 1.45. The first-order chi connectivity index (χ1) is 11.0. The Labute approximate surface area is 134 Å². The molecule has 5 nitrogen and oxygen atoms in total. The van der Waals surface area contributed by atoms with Crippen LogP contribution in [0.2, 0.25) is 0 Å². The van der Waals surface area contributed by atoms with Crippen LogP contribution in [0.3, 0.4) is 0 Å². The Hall–Kier alpha value is -2.50. The molecule has 122 valence electrons. The van der Waals surface area contributed by atoms with Crippen molar-refractivity contribution in [1.29, 1.82) is 0 Å². The fourth-order valence-electron chi connectivity index (χ4n) is 2.28. The van der Waals surface area contributed by atoms with E-state index in [2.05, 4.69) is 0 Å². The maximum Gasteiger partial charge on any atom is 0.160 e. The summed E-state index contributed by atoms with van der Waals surface area (Å²) in [4.78, 5) is 0. The van der Waals surface area contributed by atoms with Crippen LogP contribution in [0.1, 0.15) is 17.0 Å². The van der Waals surface area contributed by atoms with Gasteiger partial charge >= 0.3 is 0 Å². The van der Waals surface area contributed by atoms with Crippen LogP contribution in [0.25, 0.3) is 6.08 Å². The van der Waals surface area contributed by atoms with E-state index in [4.69, 9.17) is 4.74 Å². The van der Waals surface area contributed by atoms with Crippen molar-refractivity contribution < 1.29 is 25.2 Å². The minimum atomic E-state index is -0.988. The second-order valence-electron chi connectivity index (χ2n) is 5.16. The maximum absolute atomic E-state index is 10.1. The normalized spacial score (nSPS) is 13.9. The van der Waals surface area contributed by atoms with Crippen molar-refractivity contribution in [2.45, 2.75) is 12.0 Å². The highest BCUT2D eigenvalue weighted by atomic mass is 16.5. The molecule has 0 aromatic heterocycles. The van der Waals surface area contributed by atoms with Crippen LogP contribution in [-0.2, 0) is 0 Å². The standard InChI is InChI=1S/C18H20O5/c1-23-18-10-13(5-9-16(18)21)15(17(22)11-19)8-4-12-2-6-14(20)7-3-12/h2-10,15,17,19-22H,11H2,1H3/t15-,17?/m1/s1. The number of hydrogen-bond donors (Lipinski definition) is 4. The number of aliphatic hydroxyl groups is 2. The van der Waals surface area contributed by atoms with Crippen molar-refractivity contribution in [3.63, 3.8) is 0 Å². The third kappa shape index (κ3) is 4.25. The minimum absolute atomic E-state index is 0.0102. The molecular weight excluding hydrogens is 296 g/mol. The zero-order chi connectivity index (χ0) is 16.8. The van der Waals surface area contributed by atoms with Gasteiger partial charge in [-0.05, 0) is 35.4 Å². The molecule has 0 aliphatic heterocycles. The molecule has 2 atom stereocenters. The van der Waals surface area contributed by atoms with E-state index in [1.165, 1.54) is 13.2 Å². The zero-order valence-electron chi connectivity index (χ0n) is 12.8. The van der Waals surface area contributed by atoms with Crippen molar-refractivity contribution in [3.05, 3.63) is 59.7 Å². The lowest BCUT2D eigenvalue weighted by Crippen LogP contribution is -2.21. The summed E-state index contributed by atoms with van der Waals surface area (Å²) in [5, 5.41) is 38.3. The lowest BCUT2D eigenvalue weighted by molar-refractivity contribution is 0.0842. The highest BCUT2D eigenvalue weighted by Crippen LogP contribution is 2.32. The fraction of sp³-hybridized carbons (Fsp3) is 0.222. The van der Waals surface area contributed by atoms with Gasteiger partial charge in [-0.1, -0.05) is 30.4 Å². The zero-order valence-corrected chi connectivity index (χ0v) is 12.8. The molecule has 4 N–H and O–H groups in total. The molecule has 0 aliphatic rings. The van der Waals surface area contributed by atoms with E-state index in [1.807, 2.05) is 0 Å². The molecule has 2 aromatic rings. The Morgan fingerprint density at radius 1 is 1.09 bits per heavy atom. The number of rotatable bonds is 6. The molecule has 1 unspecified atom stereocenters. The Balaban J connectivity index is 2.31. The third-order valence-electron chi connectivity index (χ3n) is 3.58. The SMILES string of the molecule is COc1cc([C@@H](C=Cc2ccc(O)cc2)C(O)CO)ccc1O. The van der Waals surface area contributed by atoms with Gasteiger partial charge in [0.25, 0.3) is 0 Å². The van der Waals surface area contributed by atoms with Gasteiger partial charge in [0.1, 0.15) is 5.75 Å². The molecular formula is C18H20O5. The number of phenols is 2. The summed E-state index contributed by atoms with van der Waals surface area (Å²) >= 11 is 0. The van der Waals surface area contributed by atoms with Gasteiger partial charge in [-0.2, -0.15) is 0 Å². The van der Waals surface area contributed by atoms with Gasteiger partial charge < -0.3 is 25.2 Å². The monoisotopic (exact) mass is 316 g/mol. The predicted molar refractivity (Wildman–Crippen MR) is 87.6 cm³/mol. The fourth-order valence-corrected chi connectivity index (χ4v) is 2.28. The molecule has 2 aromatic carbocycles. The van der Waals surface area contributed by atoms with E-state index in [0.29, 0.717) is 11.3 Å². The summed E-state index contributed by atoms with van der Waals surface area (Å²) in [6, 6.07) is 11.4. The smallest absolute Gasteiger partial charge is 0.160 e. The van der Waals surface area contributed by atoms with Crippen LogP contribution in [-0.4, -0.2) is 40.2 Å². The van der Waals surface area contributed by atoms with Crippen molar-refractivity contribution >= 4 is 6.08 Å². The van der Waals surface area contributed by atoms with Crippen LogP contribution >= 0.6 is 0 Å². The highest BCUT2D eigenvalue weighted by molar-refractivity contribution is 5.53. The van der Waals surface area contributed by atoms with Crippen molar-refractivity contribution in [2.75, 3.05) is 13.7 Å². The number of methoxy groups -OCH3 is 1. The second kappa shape index (κ2) is 7.67. The van der Waals surface area contributed by atoms with Crippen LogP contribution < -0.4 is 4.74 Å². The molecule has 0 saturated carbocycles.